The fourth-order valence-corrected chi connectivity index (χ4v) is 2.47. The highest BCUT2D eigenvalue weighted by molar-refractivity contribution is 4.97. The number of hydrogen-bond donors (Lipinski definition) is 0. The van der Waals surface area contributed by atoms with Gasteiger partial charge in [0.05, 0.1) is 13.1 Å². The molecule has 0 aliphatic heterocycles. The Morgan fingerprint density at radius 1 is 0.818 bits per heavy atom. The van der Waals surface area contributed by atoms with Crippen LogP contribution in [0.4, 0.5) is 0 Å². The summed E-state index contributed by atoms with van der Waals surface area (Å²) in [7, 11) is 0. The van der Waals surface area contributed by atoms with Gasteiger partial charge in [-0.2, -0.15) is 0 Å². The van der Waals surface area contributed by atoms with E-state index in [0.29, 0.717) is 0 Å². The molecule has 0 fully saturated rings. The zero-order valence-electron chi connectivity index (χ0n) is 13.1. The minimum atomic E-state index is 0.878. The van der Waals surface area contributed by atoms with Crippen molar-refractivity contribution in [3.8, 4) is 0 Å². The lowest BCUT2D eigenvalue weighted by molar-refractivity contribution is -0.717. The first kappa shape index (κ1) is 16.0. The lowest BCUT2D eigenvalue weighted by Gasteiger charge is -2.06. The molecule has 114 valence electrons. The molecule has 22 heavy (non-hydrogen) atoms. The van der Waals surface area contributed by atoms with Gasteiger partial charge in [-0.3, -0.25) is 0 Å². The smallest absolute Gasteiger partial charge is 0.234 e. The summed E-state index contributed by atoms with van der Waals surface area (Å²) in [5.41, 5.74) is 2.51. The highest BCUT2D eigenvalue weighted by Gasteiger charge is 2.08. The Labute approximate surface area is 132 Å². The number of rotatable bonds is 9. The van der Waals surface area contributed by atoms with Gasteiger partial charge in [0.2, 0.25) is 0 Å². The van der Waals surface area contributed by atoms with Gasteiger partial charge in [0, 0.05) is 25.0 Å². The Hall–Kier alpha value is -2.36. The molecule has 2 aromatic heterocycles. The van der Waals surface area contributed by atoms with E-state index in [2.05, 4.69) is 44.4 Å². The lowest BCUT2D eigenvalue weighted by Crippen LogP contribution is -2.41. The van der Waals surface area contributed by atoms with Crippen molar-refractivity contribution in [3.63, 3.8) is 0 Å². The first-order chi connectivity index (χ1) is 10.8. The number of allylic oxidation sites excluding steroid dienone is 2. The highest BCUT2D eigenvalue weighted by atomic mass is 15.0. The van der Waals surface area contributed by atoms with Crippen LogP contribution in [-0.4, -0.2) is 9.97 Å². The number of aromatic nitrogens is 4. The van der Waals surface area contributed by atoms with Crippen molar-refractivity contribution in [2.75, 3.05) is 0 Å². The van der Waals surface area contributed by atoms with Crippen molar-refractivity contribution in [2.24, 2.45) is 0 Å². The number of nitrogens with zero attached hydrogens (tertiary/aromatic N) is 4. The maximum atomic E-state index is 4.21. The molecule has 0 saturated carbocycles. The van der Waals surface area contributed by atoms with Crippen molar-refractivity contribution in [2.45, 2.75) is 38.8 Å². The minimum Gasteiger partial charge on any atom is -0.234 e. The van der Waals surface area contributed by atoms with E-state index < -0.39 is 0 Å². The minimum absolute atomic E-state index is 0.878. The average molecular weight is 296 g/mol. The second-order valence-corrected chi connectivity index (χ2v) is 5.22. The SMILES string of the molecule is C=CCc1ccnc[n+]1CCCC[n+]1cnccc1CC=C. The first-order valence-corrected chi connectivity index (χ1v) is 7.71. The van der Waals surface area contributed by atoms with Crippen LogP contribution in [-0.2, 0) is 25.9 Å². The molecule has 2 heterocycles. The second-order valence-electron chi connectivity index (χ2n) is 5.22. The average Bonchev–Trinajstić information content (AvgIpc) is 2.55. The van der Waals surface area contributed by atoms with E-state index in [1.54, 1.807) is 0 Å². The summed E-state index contributed by atoms with van der Waals surface area (Å²) in [4.78, 5) is 8.41. The van der Waals surface area contributed by atoms with Crippen LogP contribution in [0.25, 0.3) is 0 Å². The molecule has 0 spiro atoms. The predicted molar refractivity (Wildman–Crippen MR) is 85.9 cm³/mol. The zero-order valence-corrected chi connectivity index (χ0v) is 13.1. The van der Waals surface area contributed by atoms with Gasteiger partial charge in [0.1, 0.15) is 23.8 Å². The van der Waals surface area contributed by atoms with Crippen LogP contribution >= 0.6 is 0 Å². The van der Waals surface area contributed by atoms with E-state index in [1.165, 1.54) is 11.4 Å². The molecule has 0 aromatic carbocycles. The summed E-state index contributed by atoms with van der Waals surface area (Å²) in [6.45, 7) is 9.58. The Bertz CT molecular complexity index is 566. The third-order valence-electron chi connectivity index (χ3n) is 3.61. The van der Waals surface area contributed by atoms with Gasteiger partial charge in [-0.15, -0.1) is 13.2 Å². The van der Waals surface area contributed by atoms with Crippen molar-refractivity contribution >= 4 is 0 Å². The van der Waals surface area contributed by atoms with Gasteiger partial charge in [0.25, 0.3) is 12.7 Å². The Balaban J connectivity index is 1.87. The van der Waals surface area contributed by atoms with E-state index >= 15 is 0 Å². The Morgan fingerprint density at radius 2 is 1.27 bits per heavy atom. The highest BCUT2D eigenvalue weighted by Crippen LogP contribution is 1.97. The van der Waals surface area contributed by atoms with Crippen molar-refractivity contribution in [1.29, 1.82) is 0 Å². The van der Waals surface area contributed by atoms with E-state index in [0.717, 1.165) is 38.8 Å². The summed E-state index contributed by atoms with van der Waals surface area (Å²) in [5, 5.41) is 0. The molecule has 0 atom stereocenters. The van der Waals surface area contributed by atoms with Crippen molar-refractivity contribution in [3.05, 3.63) is 73.9 Å². The number of hydrogen-bond acceptors (Lipinski definition) is 2. The van der Waals surface area contributed by atoms with Crippen LogP contribution < -0.4 is 9.13 Å². The largest absolute Gasteiger partial charge is 0.286 e. The molecule has 0 amide bonds. The van der Waals surface area contributed by atoms with Crippen molar-refractivity contribution in [1.82, 2.24) is 9.97 Å². The van der Waals surface area contributed by atoms with Crippen LogP contribution in [0.5, 0.6) is 0 Å². The van der Waals surface area contributed by atoms with Crippen molar-refractivity contribution < 1.29 is 9.13 Å². The second kappa shape index (κ2) is 8.82. The van der Waals surface area contributed by atoms with Gasteiger partial charge in [-0.05, 0) is 12.8 Å². The third-order valence-corrected chi connectivity index (χ3v) is 3.61. The normalized spacial score (nSPS) is 10.4. The quantitative estimate of drug-likeness (QED) is 0.403. The van der Waals surface area contributed by atoms with E-state index in [1.807, 2.05) is 37.2 Å². The maximum absolute atomic E-state index is 4.21. The van der Waals surface area contributed by atoms with Crippen LogP contribution in [0, 0.1) is 0 Å². The zero-order chi connectivity index (χ0) is 15.6. The first-order valence-electron chi connectivity index (χ1n) is 7.71. The molecule has 4 heteroatoms. The molecule has 4 nitrogen and oxygen atoms in total. The number of unbranched alkanes of at least 4 members (excludes halogenated alkanes) is 1. The fourth-order valence-electron chi connectivity index (χ4n) is 2.47. The topological polar surface area (TPSA) is 33.5 Å². The van der Waals surface area contributed by atoms with Crippen LogP contribution in [0.3, 0.4) is 0 Å². The summed E-state index contributed by atoms with van der Waals surface area (Å²) < 4.78 is 4.42. The summed E-state index contributed by atoms with van der Waals surface area (Å²) in [6, 6.07) is 4.11. The molecule has 0 saturated heterocycles. The van der Waals surface area contributed by atoms with Crippen LogP contribution in [0.15, 0.2) is 62.5 Å². The molecule has 0 aliphatic rings. The molecule has 0 N–H and O–H groups in total. The molecule has 0 bridgehead atoms. The standard InChI is InChI=1S/C18H24N4/c1-3-7-17-9-11-19-15-21(17)13-5-6-14-22-16-20-12-10-18(22)8-4-2/h3-4,9-12,15-16H,1-2,5-8,13-14H2/q+2. The van der Waals surface area contributed by atoms with Crippen LogP contribution in [0.1, 0.15) is 24.2 Å². The molecule has 2 aromatic rings. The van der Waals surface area contributed by atoms with Gasteiger partial charge < -0.3 is 0 Å². The predicted octanol–water partition coefficient (Wildman–Crippen LogP) is 1.99. The molecule has 0 unspecified atom stereocenters. The van der Waals surface area contributed by atoms with Gasteiger partial charge >= 0.3 is 0 Å². The molecular formula is C18H24N4+2. The monoisotopic (exact) mass is 296 g/mol. The lowest BCUT2D eigenvalue weighted by atomic mass is 10.2. The van der Waals surface area contributed by atoms with Gasteiger partial charge in [-0.1, -0.05) is 22.1 Å². The summed E-state index contributed by atoms with van der Waals surface area (Å²) in [6.07, 6.45) is 15.3. The molecule has 2 rings (SSSR count). The molecule has 0 aliphatic carbocycles. The molecule has 0 radical (unpaired) electrons. The molecular weight excluding hydrogens is 272 g/mol. The van der Waals surface area contributed by atoms with E-state index in [9.17, 15) is 0 Å². The Kier molecular flexibility index (Phi) is 6.42. The number of aryl methyl sites for hydroxylation is 2. The van der Waals surface area contributed by atoms with Crippen LogP contribution in [0.2, 0.25) is 0 Å². The van der Waals surface area contributed by atoms with E-state index in [-0.39, 0.29) is 0 Å². The van der Waals surface area contributed by atoms with E-state index in [4.69, 9.17) is 0 Å². The fraction of sp³-hybridized carbons (Fsp3) is 0.333. The summed E-state index contributed by atoms with van der Waals surface area (Å²) in [5.74, 6) is 0. The van der Waals surface area contributed by atoms with Gasteiger partial charge in [0.15, 0.2) is 0 Å². The van der Waals surface area contributed by atoms with Gasteiger partial charge in [-0.25, -0.2) is 9.13 Å². The maximum Gasteiger partial charge on any atom is 0.286 e. The third kappa shape index (κ3) is 4.58. The Morgan fingerprint density at radius 3 is 1.68 bits per heavy atom. The summed E-state index contributed by atoms with van der Waals surface area (Å²) >= 11 is 0.